The third-order valence-corrected chi connectivity index (χ3v) is 4.79. The predicted octanol–water partition coefficient (Wildman–Crippen LogP) is 0.856. The molecule has 1 fully saturated rings. The van der Waals surface area contributed by atoms with Gasteiger partial charge >= 0.3 is 0 Å². The molecule has 0 amide bonds. The Balaban J connectivity index is 2.38. The van der Waals surface area contributed by atoms with Crippen molar-refractivity contribution in [1.29, 1.82) is 0 Å². The van der Waals surface area contributed by atoms with Crippen LogP contribution in [0.25, 0.3) is 0 Å². The number of sulfonamides is 1. The Kier molecular flexibility index (Phi) is 4.76. The molecule has 0 aromatic rings. The lowest BCUT2D eigenvalue weighted by molar-refractivity contribution is 0.155. The molecule has 0 saturated carbocycles. The standard InChI is InChI=1S/C11H24N2O2S/c1-10(2)11(3)9-12-5-7-13(8-6-12)16(4,14)15/h10-11H,5-9H2,1-4H3. The lowest BCUT2D eigenvalue weighted by atomic mass is 9.97. The Morgan fingerprint density at radius 3 is 1.94 bits per heavy atom. The van der Waals surface area contributed by atoms with Crippen molar-refractivity contribution in [2.45, 2.75) is 20.8 Å². The first-order valence-corrected chi connectivity index (χ1v) is 7.83. The van der Waals surface area contributed by atoms with Crippen molar-refractivity contribution in [3.8, 4) is 0 Å². The van der Waals surface area contributed by atoms with Crippen LogP contribution in [-0.4, -0.2) is 56.6 Å². The predicted molar refractivity (Wildman–Crippen MR) is 66.9 cm³/mol. The van der Waals surface area contributed by atoms with E-state index in [0.717, 1.165) is 19.6 Å². The van der Waals surface area contributed by atoms with Crippen molar-refractivity contribution >= 4 is 10.0 Å². The van der Waals surface area contributed by atoms with Gasteiger partial charge in [-0.3, -0.25) is 0 Å². The molecule has 1 aliphatic heterocycles. The smallest absolute Gasteiger partial charge is 0.211 e. The van der Waals surface area contributed by atoms with E-state index in [1.807, 2.05) is 0 Å². The number of nitrogens with zero attached hydrogens (tertiary/aromatic N) is 2. The first kappa shape index (κ1) is 13.9. The molecular formula is C11H24N2O2S. The molecule has 1 saturated heterocycles. The van der Waals surface area contributed by atoms with E-state index >= 15 is 0 Å². The van der Waals surface area contributed by atoms with Gasteiger partial charge in [0.25, 0.3) is 0 Å². The van der Waals surface area contributed by atoms with Crippen molar-refractivity contribution in [3.63, 3.8) is 0 Å². The second kappa shape index (κ2) is 5.47. The Bertz CT molecular complexity index is 306. The van der Waals surface area contributed by atoms with Gasteiger partial charge in [-0.2, -0.15) is 4.31 Å². The molecule has 4 nitrogen and oxygen atoms in total. The van der Waals surface area contributed by atoms with E-state index < -0.39 is 10.0 Å². The average molecular weight is 248 g/mol. The summed E-state index contributed by atoms with van der Waals surface area (Å²) < 4.78 is 24.2. The first-order valence-electron chi connectivity index (χ1n) is 5.98. The quantitative estimate of drug-likeness (QED) is 0.741. The number of rotatable bonds is 4. The van der Waals surface area contributed by atoms with Crippen molar-refractivity contribution in [3.05, 3.63) is 0 Å². The van der Waals surface area contributed by atoms with Gasteiger partial charge in [0.2, 0.25) is 10.0 Å². The van der Waals surface area contributed by atoms with Crippen LogP contribution in [0.1, 0.15) is 20.8 Å². The zero-order valence-corrected chi connectivity index (χ0v) is 11.6. The Morgan fingerprint density at radius 1 is 1.06 bits per heavy atom. The molecule has 16 heavy (non-hydrogen) atoms. The summed E-state index contributed by atoms with van der Waals surface area (Å²) >= 11 is 0. The SMILES string of the molecule is CC(C)C(C)CN1CCN(S(C)(=O)=O)CC1. The van der Waals surface area contributed by atoms with E-state index in [4.69, 9.17) is 0 Å². The average Bonchev–Trinajstić information content (AvgIpc) is 2.17. The van der Waals surface area contributed by atoms with Crippen LogP contribution >= 0.6 is 0 Å². The van der Waals surface area contributed by atoms with Crippen LogP contribution in [-0.2, 0) is 10.0 Å². The molecule has 1 unspecified atom stereocenters. The molecule has 0 aromatic carbocycles. The molecule has 0 spiro atoms. The fourth-order valence-corrected chi connectivity index (χ4v) is 2.69. The molecule has 1 heterocycles. The van der Waals surface area contributed by atoms with Gasteiger partial charge in [0.15, 0.2) is 0 Å². The highest BCUT2D eigenvalue weighted by Crippen LogP contribution is 2.13. The molecule has 0 bridgehead atoms. The van der Waals surface area contributed by atoms with Gasteiger partial charge in [0.05, 0.1) is 6.26 Å². The molecule has 96 valence electrons. The van der Waals surface area contributed by atoms with Crippen LogP contribution in [0.2, 0.25) is 0 Å². The van der Waals surface area contributed by atoms with Crippen molar-refractivity contribution in [2.24, 2.45) is 11.8 Å². The summed E-state index contributed by atoms with van der Waals surface area (Å²) in [6.45, 7) is 10.8. The maximum atomic E-state index is 11.3. The molecule has 0 radical (unpaired) electrons. The summed E-state index contributed by atoms with van der Waals surface area (Å²) in [4.78, 5) is 2.37. The molecule has 0 aromatic heterocycles. The van der Waals surface area contributed by atoms with Crippen LogP contribution in [0, 0.1) is 11.8 Å². The maximum absolute atomic E-state index is 11.3. The van der Waals surface area contributed by atoms with E-state index in [9.17, 15) is 8.42 Å². The minimum absolute atomic E-state index is 0.643. The van der Waals surface area contributed by atoms with E-state index in [0.29, 0.717) is 24.9 Å². The van der Waals surface area contributed by atoms with E-state index in [1.54, 1.807) is 4.31 Å². The molecule has 5 heteroatoms. The topological polar surface area (TPSA) is 40.6 Å². The lowest BCUT2D eigenvalue weighted by Gasteiger charge is -2.35. The maximum Gasteiger partial charge on any atom is 0.211 e. The van der Waals surface area contributed by atoms with E-state index in [2.05, 4.69) is 25.7 Å². The lowest BCUT2D eigenvalue weighted by Crippen LogP contribution is -2.49. The third-order valence-electron chi connectivity index (χ3n) is 3.48. The molecule has 1 aliphatic rings. The highest BCUT2D eigenvalue weighted by molar-refractivity contribution is 7.88. The Morgan fingerprint density at radius 2 is 1.56 bits per heavy atom. The second-order valence-electron chi connectivity index (χ2n) is 5.18. The van der Waals surface area contributed by atoms with Crippen LogP contribution < -0.4 is 0 Å². The van der Waals surface area contributed by atoms with Gasteiger partial charge in [-0.1, -0.05) is 20.8 Å². The van der Waals surface area contributed by atoms with Crippen LogP contribution in [0.3, 0.4) is 0 Å². The summed E-state index contributed by atoms with van der Waals surface area (Å²) in [6.07, 6.45) is 1.29. The zero-order chi connectivity index (χ0) is 12.3. The van der Waals surface area contributed by atoms with Crippen molar-refractivity contribution < 1.29 is 8.42 Å². The molecule has 1 atom stereocenters. The van der Waals surface area contributed by atoms with Gasteiger partial charge < -0.3 is 4.90 Å². The monoisotopic (exact) mass is 248 g/mol. The van der Waals surface area contributed by atoms with Crippen molar-refractivity contribution in [2.75, 3.05) is 39.0 Å². The molecule has 0 N–H and O–H groups in total. The molecule has 1 rings (SSSR count). The number of hydrogen-bond acceptors (Lipinski definition) is 3. The zero-order valence-electron chi connectivity index (χ0n) is 10.8. The minimum atomic E-state index is -2.99. The summed E-state index contributed by atoms with van der Waals surface area (Å²) in [5, 5.41) is 0. The third kappa shape index (κ3) is 4.03. The Labute approximate surface area is 99.7 Å². The molecule has 0 aliphatic carbocycles. The fraction of sp³-hybridized carbons (Fsp3) is 1.00. The summed E-state index contributed by atoms with van der Waals surface area (Å²) in [5.41, 5.74) is 0. The summed E-state index contributed by atoms with van der Waals surface area (Å²) in [6, 6.07) is 0. The fourth-order valence-electron chi connectivity index (χ4n) is 1.86. The van der Waals surface area contributed by atoms with Gasteiger partial charge in [-0.25, -0.2) is 8.42 Å². The van der Waals surface area contributed by atoms with Crippen molar-refractivity contribution in [1.82, 2.24) is 9.21 Å². The Hall–Kier alpha value is -0.130. The van der Waals surface area contributed by atoms with Crippen LogP contribution in [0.5, 0.6) is 0 Å². The highest BCUT2D eigenvalue weighted by Gasteiger charge is 2.24. The molecular weight excluding hydrogens is 224 g/mol. The van der Waals surface area contributed by atoms with Crippen LogP contribution in [0.15, 0.2) is 0 Å². The number of piperazine rings is 1. The first-order chi connectivity index (χ1) is 7.30. The van der Waals surface area contributed by atoms with E-state index in [-0.39, 0.29) is 0 Å². The van der Waals surface area contributed by atoms with E-state index in [1.165, 1.54) is 6.26 Å². The van der Waals surface area contributed by atoms with Gasteiger partial charge in [0.1, 0.15) is 0 Å². The van der Waals surface area contributed by atoms with Gasteiger partial charge in [-0.15, -0.1) is 0 Å². The van der Waals surface area contributed by atoms with Gasteiger partial charge in [0, 0.05) is 32.7 Å². The minimum Gasteiger partial charge on any atom is -0.300 e. The highest BCUT2D eigenvalue weighted by atomic mass is 32.2. The largest absolute Gasteiger partial charge is 0.300 e. The second-order valence-corrected chi connectivity index (χ2v) is 7.17. The van der Waals surface area contributed by atoms with Gasteiger partial charge in [-0.05, 0) is 11.8 Å². The normalized spacial score (nSPS) is 22.6. The number of hydrogen-bond donors (Lipinski definition) is 0. The summed E-state index contributed by atoms with van der Waals surface area (Å²) in [7, 11) is -2.99. The summed E-state index contributed by atoms with van der Waals surface area (Å²) in [5.74, 6) is 1.36. The van der Waals surface area contributed by atoms with Crippen LogP contribution in [0.4, 0.5) is 0 Å².